The van der Waals surface area contributed by atoms with Crippen molar-refractivity contribution in [1.82, 2.24) is 0 Å². The molecule has 0 atom stereocenters. The van der Waals surface area contributed by atoms with Crippen molar-refractivity contribution in [3.8, 4) is 0 Å². The molecule has 1 aromatic carbocycles. The highest BCUT2D eigenvalue weighted by atomic mass is 19.2. The molecule has 0 heterocycles. The first kappa shape index (κ1) is 7.85. The Hall–Kier alpha value is -1.25. The predicted octanol–water partition coefficient (Wildman–Crippen LogP) is 2.44. The zero-order valence-corrected chi connectivity index (χ0v) is 5.50. The molecular weight excluding hydrogens is 153 g/mol. The number of halogens is 3. The van der Waals surface area contributed by atoms with E-state index < -0.39 is 17.5 Å². The fourth-order valence-corrected chi connectivity index (χ4v) is 0.662. The molecule has 0 unspecified atom stereocenters. The maximum Gasteiger partial charge on any atom is 0.195 e. The third-order valence-corrected chi connectivity index (χ3v) is 1.23. The zero-order chi connectivity index (χ0) is 8.43. The summed E-state index contributed by atoms with van der Waals surface area (Å²) >= 11 is 0. The quantitative estimate of drug-likeness (QED) is 0.549. The summed E-state index contributed by atoms with van der Waals surface area (Å²) in [4.78, 5) is 0. The van der Waals surface area contributed by atoms with Crippen molar-refractivity contribution in [2.24, 2.45) is 0 Å². The standard InChI is InChI=1S/C8H4F3/c1-2-5-3-4-6(9)8(11)7(5)10/h3-4H,1H2. The Kier molecular flexibility index (Phi) is 1.98. The summed E-state index contributed by atoms with van der Waals surface area (Å²) in [5, 5.41) is 0. The van der Waals surface area contributed by atoms with E-state index in [1.807, 2.05) is 0 Å². The van der Waals surface area contributed by atoms with Crippen molar-refractivity contribution in [3.05, 3.63) is 47.8 Å². The molecule has 0 aliphatic carbocycles. The van der Waals surface area contributed by atoms with Crippen LogP contribution < -0.4 is 0 Å². The van der Waals surface area contributed by atoms with E-state index in [9.17, 15) is 13.2 Å². The summed E-state index contributed by atoms with van der Waals surface area (Å²) in [6.07, 6.45) is 2.13. The maximum absolute atomic E-state index is 12.5. The molecule has 0 aliphatic heterocycles. The summed E-state index contributed by atoms with van der Waals surface area (Å²) < 4.78 is 37.1. The van der Waals surface area contributed by atoms with Crippen LogP contribution in [-0.2, 0) is 0 Å². The first-order valence-corrected chi connectivity index (χ1v) is 2.83. The van der Waals surface area contributed by atoms with Crippen molar-refractivity contribution in [2.75, 3.05) is 0 Å². The highest BCUT2D eigenvalue weighted by Crippen LogP contribution is 2.14. The molecule has 0 amide bonds. The monoisotopic (exact) mass is 157 g/mol. The van der Waals surface area contributed by atoms with Crippen LogP contribution in [0.1, 0.15) is 5.56 Å². The van der Waals surface area contributed by atoms with Crippen molar-refractivity contribution >= 4 is 0 Å². The molecular formula is C8H4F3. The van der Waals surface area contributed by atoms with E-state index in [4.69, 9.17) is 0 Å². The van der Waals surface area contributed by atoms with Crippen LogP contribution in [0.25, 0.3) is 0 Å². The largest absolute Gasteiger partial charge is 0.204 e. The van der Waals surface area contributed by atoms with Gasteiger partial charge in [0.15, 0.2) is 17.5 Å². The van der Waals surface area contributed by atoms with E-state index in [-0.39, 0.29) is 5.56 Å². The fourth-order valence-electron chi connectivity index (χ4n) is 0.662. The Bertz CT molecular complexity index is 292. The molecule has 0 aromatic heterocycles. The molecule has 0 bridgehead atoms. The summed E-state index contributed by atoms with van der Waals surface area (Å²) in [6, 6.07) is 1.90. The number of hydrogen-bond donors (Lipinski definition) is 0. The van der Waals surface area contributed by atoms with Gasteiger partial charge in [0.1, 0.15) is 0 Å². The van der Waals surface area contributed by atoms with E-state index in [0.717, 1.165) is 12.1 Å². The van der Waals surface area contributed by atoms with Gasteiger partial charge in [-0.05, 0) is 18.2 Å². The smallest absolute Gasteiger partial charge is 0.195 e. The van der Waals surface area contributed by atoms with E-state index in [1.54, 1.807) is 0 Å². The Labute approximate surface area is 62.0 Å². The van der Waals surface area contributed by atoms with Gasteiger partial charge in [-0.3, -0.25) is 0 Å². The van der Waals surface area contributed by atoms with E-state index in [1.165, 1.54) is 0 Å². The van der Waals surface area contributed by atoms with E-state index >= 15 is 0 Å². The average molecular weight is 157 g/mol. The first-order chi connectivity index (χ1) is 5.16. The lowest BCUT2D eigenvalue weighted by Crippen LogP contribution is -1.93. The van der Waals surface area contributed by atoms with Crippen LogP contribution in [0.2, 0.25) is 0 Å². The molecule has 1 rings (SSSR count). The molecule has 11 heavy (non-hydrogen) atoms. The number of benzene rings is 1. The van der Waals surface area contributed by atoms with E-state index in [2.05, 4.69) is 12.7 Å². The van der Waals surface area contributed by atoms with Gasteiger partial charge in [0, 0.05) is 5.56 Å². The van der Waals surface area contributed by atoms with Crippen molar-refractivity contribution in [1.29, 1.82) is 0 Å². The molecule has 0 spiro atoms. The summed E-state index contributed by atoms with van der Waals surface area (Å²) in [6.45, 7) is 3.11. The molecule has 57 valence electrons. The topological polar surface area (TPSA) is 0 Å². The maximum atomic E-state index is 12.5. The number of hydrogen-bond acceptors (Lipinski definition) is 0. The molecule has 0 aliphatic rings. The molecule has 0 nitrogen and oxygen atoms in total. The van der Waals surface area contributed by atoms with Crippen LogP contribution in [0.3, 0.4) is 0 Å². The summed E-state index contributed by atoms with van der Waals surface area (Å²) in [7, 11) is 0. The van der Waals surface area contributed by atoms with Gasteiger partial charge >= 0.3 is 0 Å². The van der Waals surface area contributed by atoms with Gasteiger partial charge in [-0.15, -0.1) is 0 Å². The summed E-state index contributed by atoms with van der Waals surface area (Å²) in [5.41, 5.74) is -0.163. The fraction of sp³-hybridized carbons (Fsp3) is 0. The first-order valence-electron chi connectivity index (χ1n) is 2.83. The molecule has 0 saturated carbocycles. The normalized spacial score (nSPS) is 9.73. The third-order valence-electron chi connectivity index (χ3n) is 1.23. The minimum atomic E-state index is -1.49. The van der Waals surface area contributed by atoms with Gasteiger partial charge in [-0.25, -0.2) is 13.2 Å². The minimum absolute atomic E-state index is 0.163. The second-order valence-electron chi connectivity index (χ2n) is 1.90. The summed E-state index contributed by atoms with van der Waals surface area (Å²) in [5.74, 6) is -3.94. The highest BCUT2D eigenvalue weighted by molar-refractivity contribution is 5.24. The van der Waals surface area contributed by atoms with Crippen molar-refractivity contribution in [3.63, 3.8) is 0 Å². The second-order valence-corrected chi connectivity index (χ2v) is 1.90. The predicted molar refractivity (Wildman–Crippen MR) is 34.3 cm³/mol. The Morgan fingerprint density at radius 2 is 1.73 bits per heavy atom. The molecule has 1 radical (unpaired) electrons. The molecule has 0 saturated heterocycles. The minimum Gasteiger partial charge on any atom is -0.204 e. The van der Waals surface area contributed by atoms with Gasteiger partial charge < -0.3 is 0 Å². The SMILES string of the molecule is C=[C]c1ccc(F)c(F)c1F. The van der Waals surface area contributed by atoms with Crippen LogP contribution in [0.5, 0.6) is 0 Å². The average Bonchev–Trinajstić information content (AvgIpc) is 2.01. The molecule has 3 heteroatoms. The Balaban J connectivity index is 3.36. The molecule has 0 fully saturated rings. The van der Waals surface area contributed by atoms with Crippen LogP contribution in [0.4, 0.5) is 13.2 Å². The highest BCUT2D eigenvalue weighted by Gasteiger charge is 2.10. The van der Waals surface area contributed by atoms with Gasteiger partial charge in [0.05, 0.1) is 0 Å². The van der Waals surface area contributed by atoms with Crippen molar-refractivity contribution < 1.29 is 13.2 Å². The molecule has 1 aromatic rings. The van der Waals surface area contributed by atoms with Crippen LogP contribution >= 0.6 is 0 Å². The van der Waals surface area contributed by atoms with Gasteiger partial charge in [0.2, 0.25) is 0 Å². The lowest BCUT2D eigenvalue weighted by atomic mass is 10.2. The molecule has 0 N–H and O–H groups in total. The van der Waals surface area contributed by atoms with Gasteiger partial charge in [0.25, 0.3) is 0 Å². The second kappa shape index (κ2) is 2.78. The Morgan fingerprint density at radius 3 is 2.27 bits per heavy atom. The van der Waals surface area contributed by atoms with Crippen LogP contribution in [-0.4, -0.2) is 0 Å². The van der Waals surface area contributed by atoms with Gasteiger partial charge in [-0.1, -0.05) is 6.58 Å². The van der Waals surface area contributed by atoms with E-state index in [0.29, 0.717) is 0 Å². The van der Waals surface area contributed by atoms with Crippen LogP contribution in [0.15, 0.2) is 18.7 Å². The Morgan fingerprint density at radius 1 is 1.09 bits per heavy atom. The number of rotatable bonds is 1. The lowest BCUT2D eigenvalue weighted by molar-refractivity contribution is 0.445. The zero-order valence-electron chi connectivity index (χ0n) is 5.50. The third kappa shape index (κ3) is 1.27. The van der Waals surface area contributed by atoms with Crippen LogP contribution in [0, 0.1) is 23.5 Å². The van der Waals surface area contributed by atoms with Gasteiger partial charge in [-0.2, -0.15) is 0 Å². The van der Waals surface area contributed by atoms with Crippen molar-refractivity contribution in [2.45, 2.75) is 0 Å². The lowest BCUT2D eigenvalue weighted by Gasteiger charge is -1.97.